The van der Waals surface area contributed by atoms with Crippen molar-refractivity contribution in [3.63, 3.8) is 0 Å². The van der Waals surface area contributed by atoms with E-state index in [2.05, 4.69) is 0 Å². The molecule has 5 heteroatoms. The van der Waals surface area contributed by atoms with Crippen molar-refractivity contribution < 1.29 is 19.1 Å². The predicted octanol–water partition coefficient (Wildman–Crippen LogP) is 6.06. The molecular weight excluding hydrogens is 366 g/mol. The van der Waals surface area contributed by atoms with Crippen molar-refractivity contribution in [1.29, 1.82) is 0 Å². The Kier molecular flexibility index (Phi) is 12.3. The number of hydrogen-bond acceptors (Lipinski definition) is 4. The number of hydrogen-bond donors (Lipinski definition) is 0. The minimum Gasteiger partial charge on any atom is -0.466 e. The molecule has 0 N–H and O–H groups in total. The van der Waals surface area contributed by atoms with E-state index in [1.165, 1.54) is 0 Å². The molecule has 166 valence electrons. The smallest absolute Gasteiger partial charge is 0.410 e. The summed E-state index contributed by atoms with van der Waals surface area (Å²) in [6.07, 6.45) is 11.3. The second-order valence-electron chi connectivity index (χ2n) is 8.09. The molecule has 0 spiro atoms. The molecule has 5 nitrogen and oxygen atoms in total. The van der Waals surface area contributed by atoms with Crippen LogP contribution in [0.3, 0.4) is 0 Å². The number of amides is 1. The van der Waals surface area contributed by atoms with Gasteiger partial charge >= 0.3 is 12.1 Å². The van der Waals surface area contributed by atoms with E-state index in [1.807, 2.05) is 85.8 Å². The largest absolute Gasteiger partial charge is 0.466 e. The fourth-order valence-corrected chi connectivity index (χ4v) is 2.99. The highest BCUT2D eigenvalue weighted by Gasteiger charge is 2.39. The molecule has 0 aromatic rings. The van der Waals surface area contributed by atoms with Gasteiger partial charge in [-0.1, -0.05) is 42.9 Å². The van der Waals surface area contributed by atoms with Crippen LogP contribution in [-0.4, -0.2) is 42.3 Å². The Bertz CT molecular complexity index is 598. The lowest BCUT2D eigenvalue weighted by Crippen LogP contribution is -2.41. The minimum atomic E-state index is -0.687. The molecule has 0 aliphatic rings. The van der Waals surface area contributed by atoms with Gasteiger partial charge in [0.2, 0.25) is 0 Å². The molecule has 0 aromatic carbocycles. The summed E-state index contributed by atoms with van der Waals surface area (Å²) in [5, 5.41) is 0. The topological polar surface area (TPSA) is 55.8 Å². The molecule has 0 radical (unpaired) electrons. The molecule has 0 aliphatic carbocycles. The number of nitrogens with zero attached hydrogens (tertiary/aromatic N) is 1. The van der Waals surface area contributed by atoms with Crippen LogP contribution < -0.4 is 0 Å². The lowest BCUT2D eigenvalue weighted by atomic mass is 9.75. The van der Waals surface area contributed by atoms with Gasteiger partial charge in [0.1, 0.15) is 5.60 Å². The van der Waals surface area contributed by atoms with Crippen LogP contribution in [0, 0.1) is 5.41 Å². The first-order valence-corrected chi connectivity index (χ1v) is 10.7. The molecule has 1 amide bonds. The van der Waals surface area contributed by atoms with E-state index in [9.17, 15) is 9.59 Å². The van der Waals surface area contributed by atoms with Crippen molar-refractivity contribution >= 4 is 12.1 Å². The van der Waals surface area contributed by atoms with E-state index >= 15 is 0 Å². The van der Waals surface area contributed by atoms with Gasteiger partial charge in [0.05, 0.1) is 12.0 Å². The zero-order valence-corrected chi connectivity index (χ0v) is 19.7. The molecule has 0 aromatic heterocycles. The number of rotatable bonds is 11. The van der Waals surface area contributed by atoms with Crippen molar-refractivity contribution in [3.05, 3.63) is 36.0 Å². The van der Waals surface area contributed by atoms with E-state index in [0.717, 1.165) is 5.57 Å². The van der Waals surface area contributed by atoms with Gasteiger partial charge in [0.25, 0.3) is 0 Å². The third-order valence-electron chi connectivity index (χ3n) is 4.81. The van der Waals surface area contributed by atoms with Crippen molar-refractivity contribution in [3.8, 4) is 0 Å². The molecule has 1 unspecified atom stereocenters. The highest BCUT2D eigenvalue weighted by molar-refractivity contribution is 5.77. The van der Waals surface area contributed by atoms with Gasteiger partial charge in [-0.25, -0.2) is 4.79 Å². The Labute approximate surface area is 177 Å². The molecule has 29 heavy (non-hydrogen) atoms. The van der Waals surface area contributed by atoms with E-state index < -0.39 is 11.0 Å². The summed E-state index contributed by atoms with van der Waals surface area (Å²) >= 11 is 0. The Morgan fingerprint density at radius 1 is 1.03 bits per heavy atom. The third-order valence-corrected chi connectivity index (χ3v) is 4.81. The second-order valence-corrected chi connectivity index (χ2v) is 8.09. The van der Waals surface area contributed by atoms with Gasteiger partial charge in [0.15, 0.2) is 0 Å². The SMILES string of the molecule is C\C=C/C=C\C(=C/C)CC(CC)(CCN(CC)C(=O)OC(C)(C)C)C(=O)OCC. The Hall–Kier alpha value is -2.04. The standard InChI is InChI=1S/C24H41NO4/c1-9-14-15-16-20(10-2)19-24(11-3,21(26)28-13-5)17-18-25(12-4)22(27)29-23(6,7)8/h9-10,14-16H,11-13,17-19H2,1-8H3/b14-9-,16-15-,20-10+. The number of carbonyl (C=O) groups excluding carboxylic acids is 2. The molecule has 0 fully saturated rings. The molecular formula is C24H41NO4. The summed E-state index contributed by atoms with van der Waals surface area (Å²) in [6.45, 7) is 16.5. The molecule has 0 saturated heterocycles. The van der Waals surface area contributed by atoms with Crippen LogP contribution in [-0.2, 0) is 14.3 Å². The van der Waals surface area contributed by atoms with E-state index in [-0.39, 0.29) is 12.1 Å². The molecule has 0 aliphatic heterocycles. The molecule has 0 heterocycles. The monoisotopic (exact) mass is 407 g/mol. The quantitative estimate of drug-likeness (QED) is 0.308. The van der Waals surface area contributed by atoms with Gasteiger partial charge in [-0.05, 0) is 67.7 Å². The van der Waals surface area contributed by atoms with Crippen LogP contribution in [0.25, 0.3) is 0 Å². The van der Waals surface area contributed by atoms with E-state index in [4.69, 9.17) is 9.47 Å². The molecule has 0 bridgehead atoms. The molecule has 0 rings (SSSR count). The van der Waals surface area contributed by atoms with Gasteiger partial charge in [0, 0.05) is 13.1 Å². The Morgan fingerprint density at radius 3 is 2.14 bits per heavy atom. The van der Waals surface area contributed by atoms with Gasteiger partial charge in [-0.2, -0.15) is 0 Å². The summed E-state index contributed by atoms with van der Waals surface area (Å²) in [7, 11) is 0. The minimum absolute atomic E-state index is 0.207. The fraction of sp³-hybridized carbons (Fsp3) is 0.667. The summed E-state index contributed by atoms with van der Waals surface area (Å²) in [5.74, 6) is -0.207. The lowest BCUT2D eigenvalue weighted by Gasteiger charge is -2.34. The zero-order valence-electron chi connectivity index (χ0n) is 19.7. The van der Waals surface area contributed by atoms with Crippen LogP contribution >= 0.6 is 0 Å². The number of allylic oxidation sites excluding steroid dienone is 6. The van der Waals surface area contributed by atoms with Crippen LogP contribution in [0.4, 0.5) is 4.79 Å². The first kappa shape index (κ1) is 27.0. The average molecular weight is 408 g/mol. The molecule has 1 atom stereocenters. The number of carbonyl (C=O) groups is 2. The molecule has 0 saturated carbocycles. The van der Waals surface area contributed by atoms with Crippen molar-refractivity contribution in [2.75, 3.05) is 19.7 Å². The average Bonchev–Trinajstić information content (AvgIpc) is 2.65. The third kappa shape index (κ3) is 9.82. The van der Waals surface area contributed by atoms with E-state index in [0.29, 0.717) is 39.0 Å². The number of ether oxygens (including phenoxy) is 2. The maximum absolute atomic E-state index is 13.0. The van der Waals surface area contributed by atoms with Crippen molar-refractivity contribution in [2.45, 2.75) is 80.3 Å². The van der Waals surface area contributed by atoms with Crippen molar-refractivity contribution in [1.82, 2.24) is 4.90 Å². The Balaban J connectivity index is 5.59. The van der Waals surface area contributed by atoms with Gasteiger partial charge in [-0.15, -0.1) is 0 Å². The van der Waals surface area contributed by atoms with E-state index in [1.54, 1.807) is 4.90 Å². The van der Waals surface area contributed by atoms with Crippen LogP contribution in [0.5, 0.6) is 0 Å². The number of esters is 1. The Morgan fingerprint density at radius 2 is 1.69 bits per heavy atom. The fourth-order valence-electron chi connectivity index (χ4n) is 2.99. The summed E-state index contributed by atoms with van der Waals surface area (Å²) < 4.78 is 10.9. The highest BCUT2D eigenvalue weighted by Crippen LogP contribution is 2.36. The maximum atomic E-state index is 13.0. The van der Waals surface area contributed by atoms with Crippen LogP contribution in [0.1, 0.15) is 74.7 Å². The zero-order chi connectivity index (χ0) is 22.5. The second kappa shape index (κ2) is 13.2. The first-order chi connectivity index (χ1) is 13.6. The summed E-state index contributed by atoms with van der Waals surface area (Å²) in [6, 6.07) is 0. The van der Waals surface area contributed by atoms with Crippen LogP contribution in [0.2, 0.25) is 0 Å². The van der Waals surface area contributed by atoms with Crippen LogP contribution in [0.15, 0.2) is 36.0 Å². The summed E-state index contributed by atoms with van der Waals surface area (Å²) in [4.78, 5) is 27.1. The first-order valence-electron chi connectivity index (χ1n) is 10.7. The highest BCUT2D eigenvalue weighted by atomic mass is 16.6. The summed E-state index contributed by atoms with van der Waals surface area (Å²) in [5.41, 5.74) is -0.171. The van der Waals surface area contributed by atoms with Crippen molar-refractivity contribution in [2.24, 2.45) is 5.41 Å². The lowest BCUT2D eigenvalue weighted by molar-refractivity contribution is -0.156. The van der Waals surface area contributed by atoms with Gasteiger partial charge in [-0.3, -0.25) is 4.79 Å². The predicted molar refractivity (Wildman–Crippen MR) is 120 cm³/mol. The maximum Gasteiger partial charge on any atom is 0.410 e. The normalized spacial score (nSPS) is 14.8. The van der Waals surface area contributed by atoms with Gasteiger partial charge < -0.3 is 14.4 Å².